The van der Waals surface area contributed by atoms with Crippen molar-refractivity contribution in [3.8, 4) is 0 Å². The maximum absolute atomic E-state index is 11.1. The van der Waals surface area contributed by atoms with Gasteiger partial charge in [0.15, 0.2) is 0 Å². The van der Waals surface area contributed by atoms with E-state index in [-0.39, 0.29) is 17.2 Å². The summed E-state index contributed by atoms with van der Waals surface area (Å²) in [7, 11) is -0.866. The third-order valence-electron chi connectivity index (χ3n) is 2.75. The van der Waals surface area contributed by atoms with Crippen LogP contribution in [0.1, 0.15) is 13.3 Å². The number of carboxylic acids is 1. The van der Waals surface area contributed by atoms with Gasteiger partial charge in [0, 0.05) is 41.9 Å². The van der Waals surface area contributed by atoms with Gasteiger partial charge in [0.25, 0.3) is 0 Å². The van der Waals surface area contributed by atoms with Crippen LogP contribution in [-0.2, 0) is 15.6 Å². The van der Waals surface area contributed by atoms with E-state index in [1.807, 2.05) is 6.92 Å². The number of carbonyl (C=O) groups is 1. The molecule has 0 aromatic carbocycles. The number of hydrogen-bond donors (Lipinski definition) is 3. The predicted molar refractivity (Wildman–Crippen MR) is 59.4 cm³/mol. The molecule has 1 aliphatic rings. The van der Waals surface area contributed by atoms with E-state index in [1.54, 1.807) is 6.26 Å². The molecule has 2 unspecified atom stereocenters. The van der Waals surface area contributed by atoms with Crippen molar-refractivity contribution in [1.29, 1.82) is 0 Å². The molecular weight excluding hydrogens is 216 g/mol. The first kappa shape index (κ1) is 12.6. The van der Waals surface area contributed by atoms with Crippen molar-refractivity contribution in [3.05, 3.63) is 0 Å². The number of aliphatic carboxylic acids is 1. The molecule has 0 spiro atoms. The quantitative estimate of drug-likeness (QED) is 0.558. The lowest BCUT2D eigenvalue weighted by Gasteiger charge is -2.43. The van der Waals surface area contributed by atoms with Crippen LogP contribution in [0.3, 0.4) is 0 Å². The molecule has 0 aromatic heterocycles. The van der Waals surface area contributed by atoms with Crippen molar-refractivity contribution in [2.45, 2.75) is 24.1 Å². The summed E-state index contributed by atoms with van der Waals surface area (Å²) in [5.41, 5.74) is -0.334. The Morgan fingerprint density at radius 3 is 2.60 bits per heavy atom. The van der Waals surface area contributed by atoms with Crippen LogP contribution in [0.4, 0.5) is 0 Å². The van der Waals surface area contributed by atoms with Gasteiger partial charge in [-0.05, 0) is 6.92 Å². The molecule has 1 aliphatic heterocycles. The topological polar surface area (TPSA) is 78.4 Å². The molecule has 5 nitrogen and oxygen atoms in total. The van der Waals surface area contributed by atoms with Crippen LogP contribution in [0.5, 0.6) is 0 Å². The van der Waals surface area contributed by atoms with Gasteiger partial charge < -0.3 is 15.7 Å². The Bertz CT molecular complexity index is 266. The van der Waals surface area contributed by atoms with Gasteiger partial charge in [-0.1, -0.05) is 0 Å². The van der Waals surface area contributed by atoms with Crippen LogP contribution in [0.2, 0.25) is 0 Å². The van der Waals surface area contributed by atoms with E-state index < -0.39 is 16.8 Å². The molecule has 2 atom stereocenters. The highest BCUT2D eigenvalue weighted by atomic mass is 32.2. The Morgan fingerprint density at radius 2 is 2.27 bits per heavy atom. The molecule has 1 rings (SSSR count). The van der Waals surface area contributed by atoms with Gasteiger partial charge in [-0.15, -0.1) is 0 Å². The minimum absolute atomic E-state index is 0.0521. The number of carboxylic acid groups (broad SMARTS) is 1. The van der Waals surface area contributed by atoms with E-state index in [0.29, 0.717) is 19.6 Å². The van der Waals surface area contributed by atoms with Gasteiger partial charge >= 0.3 is 5.97 Å². The van der Waals surface area contributed by atoms with Crippen LogP contribution in [-0.4, -0.2) is 52.0 Å². The number of nitrogens with one attached hydrogen (secondary N) is 2. The Hall–Kier alpha value is -0.460. The molecule has 1 fully saturated rings. The number of rotatable bonds is 6. The van der Waals surface area contributed by atoms with Crippen LogP contribution in [0.25, 0.3) is 0 Å². The highest BCUT2D eigenvalue weighted by Crippen LogP contribution is 2.16. The average Bonchev–Trinajstić information content (AvgIpc) is 2.08. The Balaban J connectivity index is 2.40. The molecule has 1 saturated heterocycles. The monoisotopic (exact) mass is 234 g/mol. The minimum Gasteiger partial charge on any atom is -0.481 e. The molecule has 6 heteroatoms. The minimum atomic E-state index is -0.866. The maximum Gasteiger partial charge on any atom is 0.305 e. The van der Waals surface area contributed by atoms with Gasteiger partial charge in [-0.2, -0.15) is 0 Å². The molecule has 1 heterocycles. The van der Waals surface area contributed by atoms with E-state index in [2.05, 4.69) is 10.6 Å². The molecular formula is C9H18N2O3S. The first-order valence-corrected chi connectivity index (χ1v) is 6.57. The van der Waals surface area contributed by atoms with Crippen LogP contribution >= 0.6 is 0 Å². The largest absolute Gasteiger partial charge is 0.481 e. The van der Waals surface area contributed by atoms with Crippen molar-refractivity contribution in [2.24, 2.45) is 0 Å². The lowest BCUT2D eigenvalue weighted by Crippen LogP contribution is -2.69. The Labute approximate surface area is 92.1 Å². The Kier molecular flexibility index (Phi) is 4.24. The lowest BCUT2D eigenvalue weighted by atomic mass is 9.88. The van der Waals surface area contributed by atoms with Crippen molar-refractivity contribution in [3.63, 3.8) is 0 Å². The average molecular weight is 234 g/mol. The van der Waals surface area contributed by atoms with Crippen LogP contribution in [0, 0.1) is 0 Å². The Morgan fingerprint density at radius 1 is 1.67 bits per heavy atom. The summed E-state index contributed by atoms with van der Waals surface area (Å²) in [6.45, 7) is 3.83. The zero-order chi connectivity index (χ0) is 11.5. The molecule has 88 valence electrons. The fourth-order valence-electron chi connectivity index (χ4n) is 1.51. The second-order valence-electron chi connectivity index (χ2n) is 4.14. The van der Waals surface area contributed by atoms with E-state index >= 15 is 0 Å². The molecule has 3 N–H and O–H groups in total. The van der Waals surface area contributed by atoms with Crippen molar-refractivity contribution >= 4 is 16.8 Å². The fraction of sp³-hybridized carbons (Fsp3) is 0.889. The molecule has 0 aliphatic carbocycles. The summed E-state index contributed by atoms with van der Waals surface area (Å²) in [5, 5.41) is 15.1. The lowest BCUT2D eigenvalue weighted by molar-refractivity contribution is -0.139. The van der Waals surface area contributed by atoms with E-state index in [9.17, 15) is 9.00 Å². The van der Waals surface area contributed by atoms with E-state index in [4.69, 9.17) is 5.11 Å². The maximum atomic E-state index is 11.1. The van der Waals surface area contributed by atoms with Crippen molar-refractivity contribution < 1.29 is 14.1 Å². The summed E-state index contributed by atoms with van der Waals surface area (Å²) in [4.78, 5) is 10.7. The van der Waals surface area contributed by atoms with Crippen molar-refractivity contribution in [1.82, 2.24) is 10.6 Å². The number of hydrogen-bond acceptors (Lipinski definition) is 4. The fourth-order valence-corrected chi connectivity index (χ4v) is 1.82. The molecule has 0 bridgehead atoms. The molecule has 0 aromatic rings. The summed E-state index contributed by atoms with van der Waals surface area (Å²) in [5.74, 6) is -0.797. The molecule has 0 amide bonds. The second-order valence-corrected chi connectivity index (χ2v) is 5.95. The van der Waals surface area contributed by atoms with E-state index in [0.717, 1.165) is 0 Å². The van der Waals surface area contributed by atoms with Gasteiger partial charge in [-0.3, -0.25) is 9.00 Å². The third kappa shape index (κ3) is 3.55. The zero-order valence-electron chi connectivity index (χ0n) is 9.08. The highest BCUT2D eigenvalue weighted by Gasteiger charge is 2.38. The summed E-state index contributed by atoms with van der Waals surface area (Å²) in [6.07, 6.45) is 1.78. The third-order valence-corrected chi connectivity index (χ3v) is 4.05. The van der Waals surface area contributed by atoms with Gasteiger partial charge in [0.1, 0.15) is 0 Å². The summed E-state index contributed by atoms with van der Waals surface area (Å²) in [6, 6.07) is 0. The second kappa shape index (κ2) is 5.05. The van der Waals surface area contributed by atoms with Gasteiger partial charge in [0.2, 0.25) is 0 Å². The van der Waals surface area contributed by atoms with Gasteiger partial charge in [0.05, 0.1) is 12.0 Å². The highest BCUT2D eigenvalue weighted by molar-refractivity contribution is 7.84. The van der Waals surface area contributed by atoms with E-state index in [1.165, 1.54) is 0 Å². The SMILES string of the molecule is CC(CNC1(CC(=O)O)CNC1)S(C)=O. The first-order chi connectivity index (χ1) is 6.95. The van der Waals surface area contributed by atoms with Crippen LogP contribution in [0.15, 0.2) is 0 Å². The normalized spacial score (nSPS) is 22.8. The van der Waals surface area contributed by atoms with Crippen LogP contribution < -0.4 is 10.6 Å². The molecule has 15 heavy (non-hydrogen) atoms. The molecule has 0 saturated carbocycles. The zero-order valence-corrected chi connectivity index (χ0v) is 9.89. The van der Waals surface area contributed by atoms with Crippen molar-refractivity contribution in [2.75, 3.05) is 25.9 Å². The summed E-state index contributed by atoms with van der Waals surface area (Å²) >= 11 is 0. The standard InChI is InChI=1S/C9H18N2O3S/c1-7(15(2)14)4-11-9(3-8(12)13)5-10-6-9/h7,10-11H,3-6H2,1-2H3,(H,12,13). The summed E-state index contributed by atoms with van der Waals surface area (Å²) < 4.78 is 11.1. The van der Waals surface area contributed by atoms with Gasteiger partial charge in [-0.25, -0.2) is 0 Å². The smallest absolute Gasteiger partial charge is 0.305 e. The predicted octanol–water partition coefficient (Wildman–Crippen LogP) is -0.840. The molecule has 0 radical (unpaired) electrons. The first-order valence-electron chi connectivity index (χ1n) is 4.95.